The number of hydrogen-bond donors (Lipinski definition) is 0. The van der Waals surface area contributed by atoms with Crippen LogP contribution in [0.2, 0.25) is 0 Å². The maximum Gasteiger partial charge on any atom is 0.338 e. The summed E-state index contributed by atoms with van der Waals surface area (Å²) < 4.78 is 24.1. The minimum Gasteiger partial charge on any atom is -0.488 e. The van der Waals surface area contributed by atoms with Crippen molar-refractivity contribution >= 4 is 28.6 Å². The highest BCUT2D eigenvalue weighted by atomic mass is 127. The number of rotatable bonds is 5. The Balaban J connectivity index is 1.79. The predicted octanol–water partition coefficient (Wildman–Crippen LogP) is 3.06. The van der Waals surface area contributed by atoms with E-state index in [2.05, 4.69) is 4.98 Å². The molecule has 0 saturated heterocycles. The van der Waals surface area contributed by atoms with Crippen LogP contribution in [0.4, 0.5) is 4.39 Å². The lowest BCUT2D eigenvalue weighted by Gasteiger charge is -2.07. The fraction of sp³-hybridized carbons (Fsp3) is 0.143. The van der Waals surface area contributed by atoms with Crippen LogP contribution in [-0.4, -0.2) is 24.2 Å². The van der Waals surface area contributed by atoms with E-state index in [-0.39, 0.29) is 18.8 Å². The Morgan fingerprint density at radius 3 is 2.85 bits per heavy atom. The van der Waals surface area contributed by atoms with Crippen molar-refractivity contribution < 1.29 is 18.7 Å². The number of esters is 1. The number of ether oxygens (including phenoxy) is 2. The second-order valence-electron chi connectivity index (χ2n) is 3.80. The molecule has 6 heteroatoms. The zero-order valence-electron chi connectivity index (χ0n) is 10.4. The van der Waals surface area contributed by atoms with Crippen molar-refractivity contribution in [1.82, 2.24) is 4.98 Å². The summed E-state index contributed by atoms with van der Waals surface area (Å²) in [4.78, 5) is 15.5. The smallest absolute Gasteiger partial charge is 0.338 e. The van der Waals surface area contributed by atoms with Gasteiger partial charge in [-0.3, -0.25) is 4.98 Å². The van der Waals surface area contributed by atoms with E-state index in [1.54, 1.807) is 24.5 Å². The van der Waals surface area contributed by atoms with E-state index in [9.17, 15) is 9.18 Å². The van der Waals surface area contributed by atoms with Crippen LogP contribution in [0.1, 0.15) is 10.4 Å². The summed E-state index contributed by atoms with van der Waals surface area (Å²) in [5, 5.41) is 0. The number of hydrogen-bond acceptors (Lipinski definition) is 4. The van der Waals surface area contributed by atoms with E-state index in [0.717, 1.165) is 6.07 Å². The Morgan fingerprint density at radius 1 is 1.30 bits per heavy atom. The number of carbonyl (C=O) groups excluding carboxylic acids is 1. The normalized spacial score (nSPS) is 10.1. The lowest BCUT2D eigenvalue weighted by atomic mass is 10.2. The first-order valence-corrected chi connectivity index (χ1v) is 6.89. The maximum absolute atomic E-state index is 13.3. The Morgan fingerprint density at radius 2 is 2.15 bits per heavy atom. The molecule has 0 unspecified atom stereocenters. The van der Waals surface area contributed by atoms with Gasteiger partial charge in [0.05, 0.1) is 11.8 Å². The molecule has 0 spiro atoms. The van der Waals surface area contributed by atoms with Gasteiger partial charge >= 0.3 is 5.97 Å². The zero-order chi connectivity index (χ0) is 14.4. The van der Waals surface area contributed by atoms with Gasteiger partial charge in [-0.1, -0.05) is 0 Å². The molecule has 0 bridgehead atoms. The summed E-state index contributed by atoms with van der Waals surface area (Å²) in [7, 11) is 0. The Labute approximate surface area is 129 Å². The quantitative estimate of drug-likeness (QED) is 0.450. The van der Waals surface area contributed by atoms with Crippen LogP contribution in [0, 0.1) is 9.39 Å². The zero-order valence-corrected chi connectivity index (χ0v) is 12.5. The minimum absolute atomic E-state index is 0.0847. The molecule has 1 aromatic heterocycles. The van der Waals surface area contributed by atoms with Gasteiger partial charge in [-0.2, -0.15) is 0 Å². The summed E-state index contributed by atoms with van der Waals surface area (Å²) in [6.07, 6.45) is 3.20. The van der Waals surface area contributed by atoms with Gasteiger partial charge < -0.3 is 9.47 Å². The molecule has 0 aliphatic heterocycles. The largest absolute Gasteiger partial charge is 0.488 e. The van der Waals surface area contributed by atoms with Gasteiger partial charge in [-0.15, -0.1) is 0 Å². The fourth-order valence-electron chi connectivity index (χ4n) is 1.43. The molecule has 0 atom stereocenters. The lowest BCUT2D eigenvalue weighted by molar-refractivity contribution is 0.0449. The molecule has 0 N–H and O–H groups in total. The standard InChI is InChI=1S/C14H11FINO3/c15-12-8-10(3-4-13(12)16)14(18)20-7-6-19-11-2-1-5-17-9-11/h1-5,8-9H,6-7H2. The Hall–Kier alpha value is -1.70. The molecule has 0 fully saturated rings. The molecule has 0 saturated carbocycles. The molecule has 2 rings (SSSR count). The van der Waals surface area contributed by atoms with Crippen molar-refractivity contribution in [2.45, 2.75) is 0 Å². The third-order valence-corrected chi connectivity index (χ3v) is 3.25. The van der Waals surface area contributed by atoms with Gasteiger partial charge in [0.25, 0.3) is 0 Å². The van der Waals surface area contributed by atoms with Gasteiger partial charge in [-0.25, -0.2) is 9.18 Å². The topological polar surface area (TPSA) is 48.4 Å². The first-order valence-electron chi connectivity index (χ1n) is 5.82. The Kier molecular flexibility index (Phi) is 5.28. The second kappa shape index (κ2) is 7.18. The van der Waals surface area contributed by atoms with E-state index in [1.807, 2.05) is 22.6 Å². The predicted molar refractivity (Wildman–Crippen MR) is 79.1 cm³/mol. The third-order valence-electron chi connectivity index (χ3n) is 2.37. The van der Waals surface area contributed by atoms with E-state index < -0.39 is 11.8 Å². The molecule has 0 aliphatic rings. The van der Waals surface area contributed by atoms with E-state index >= 15 is 0 Å². The number of halogens is 2. The van der Waals surface area contributed by atoms with E-state index in [1.165, 1.54) is 12.1 Å². The molecule has 0 amide bonds. The fourth-order valence-corrected chi connectivity index (χ4v) is 1.77. The number of pyridine rings is 1. The number of nitrogens with zero attached hydrogens (tertiary/aromatic N) is 1. The highest BCUT2D eigenvalue weighted by Gasteiger charge is 2.09. The van der Waals surface area contributed by atoms with Gasteiger partial charge in [0.2, 0.25) is 0 Å². The first kappa shape index (κ1) is 14.7. The van der Waals surface area contributed by atoms with Crippen LogP contribution >= 0.6 is 22.6 Å². The van der Waals surface area contributed by atoms with Crippen molar-refractivity contribution in [2.24, 2.45) is 0 Å². The van der Waals surface area contributed by atoms with Crippen molar-refractivity contribution in [2.75, 3.05) is 13.2 Å². The van der Waals surface area contributed by atoms with E-state index in [0.29, 0.717) is 9.32 Å². The second-order valence-corrected chi connectivity index (χ2v) is 4.96. The number of aromatic nitrogens is 1. The molecule has 1 aromatic carbocycles. The molecular weight excluding hydrogens is 376 g/mol. The highest BCUT2D eigenvalue weighted by Crippen LogP contribution is 2.13. The summed E-state index contributed by atoms with van der Waals surface area (Å²) in [5.74, 6) is -0.411. The van der Waals surface area contributed by atoms with Crippen LogP contribution in [0.25, 0.3) is 0 Å². The first-order chi connectivity index (χ1) is 9.66. The summed E-state index contributed by atoms with van der Waals surface area (Å²) in [6.45, 7) is 0.297. The van der Waals surface area contributed by atoms with Crippen molar-refractivity contribution in [3.05, 3.63) is 57.7 Å². The number of carbonyl (C=O) groups is 1. The van der Waals surface area contributed by atoms with Crippen molar-refractivity contribution in [3.8, 4) is 5.75 Å². The van der Waals surface area contributed by atoms with Gasteiger partial charge in [0.15, 0.2) is 0 Å². The summed E-state index contributed by atoms with van der Waals surface area (Å²) >= 11 is 1.85. The van der Waals surface area contributed by atoms with Crippen molar-refractivity contribution in [3.63, 3.8) is 0 Å². The van der Waals surface area contributed by atoms with Crippen LogP contribution in [0.3, 0.4) is 0 Å². The number of benzene rings is 1. The molecule has 0 radical (unpaired) electrons. The van der Waals surface area contributed by atoms with E-state index in [4.69, 9.17) is 9.47 Å². The monoisotopic (exact) mass is 387 g/mol. The van der Waals surface area contributed by atoms with Crippen LogP contribution in [0.5, 0.6) is 5.75 Å². The Bertz CT molecular complexity index is 592. The van der Waals surface area contributed by atoms with Crippen LogP contribution in [0.15, 0.2) is 42.7 Å². The summed E-state index contributed by atoms with van der Waals surface area (Å²) in [5.41, 5.74) is 0.185. The molecular formula is C14H11FINO3. The van der Waals surface area contributed by atoms with Crippen LogP contribution in [-0.2, 0) is 4.74 Å². The third kappa shape index (κ3) is 4.16. The molecule has 20 heavy (non-hydrogen) atoms. The van der Waals surface area contributed by atoms with Crippen LogP contribution < -0.4 is 4.74 Å². The van der Waals surface area contributed by atoms with Crippen molar-refractivity contribution in [1.29, 1.82) is 0 Å². The van der Waals surface area contributed by atoms with Gasteiger partial charge in [0.1, 0.15) is 24.8 Å². The molecule has 0 aliphatic carbocycles. The molecule has 104 valence electrons. The average molecular weight is 387 g/mol. The minimum atomic E-state index is -0.574. The summed E-state index contributed by atoms with van der Waals surface area (Å²) in [6, 6.07) is 7.71. The van der Waals surface area contributed by atoms with Gasteiger partial charge in [0, 0.05) is 9.77 Å². The molecule has 4 nitrogen and oxygen atoms in total. The highest BCUT2D eigenvalue weighted by molar-refractivity contribution is 14.1. The average Bonchev–Trinajstić information content (AvgIpc) is 2.47. The molecule has 2 aromatic rings. The maximum atomic E-state index is 13.3. The lowest BCUT2D eigenvalue weighted by Crippen LogP contribution is -2.12. The van der Waals surface area contributed by atoms with Gasteiger partial charge in [-0.05, 0) is 52.9 Å². The SMILES string of the molecule is O=C(OCCOc1cccnc1)c1ccc(I)c(F)c1. The molecule has 1 heterocycles.